The fraction of sp³-hybridized carbons (Fsp3) is 1.00. The largest absolute Gasteiger partial charge is 0.376 e. The van der Waals surface area contributed by atoms with E-state index < -0.39 is 0 Å². The van der Waals surface area contributed by atoms with Crippen LogP contribution in [0, 0.1) is 0 Å². The van der Waals surface area contributed by atoms with Crippen molar-refractivity contribution < 1.29 is 19.1 Å². The van der Waals surface area contributed by atoms with Gasteiger partial charge in [-0.3, -0.25) is 9.68 Å². The van der Waals surface area contributed by atoms with Gasteiger partial charge < -0.3 is 9.47 Å². The summed E-state index contributed by atoms with van der Waals surface area (Å²) in [6.45, 7) is 29.0. The molecule has 0 N–H and O–H groups in total. The first-order valence-corrected chi connectivity index (χ1v) is 17.8. The summed E-state index contributed by atoms with van der Waals surface area (Å²) in [6, 6.07) is 0. The Morgan fingerprint density at radius 2 is 0.929 bits per heavy atom. The summed E-state index contributed by atoms with van der Waals surface area (Å²) in [5.74, 6) is 0. The lowest BCUT2D eigenvalue weighted by molar-refractivity contribution is -0.293. The highest BCUT2D eigenvalue weighted by atomic mass is 16.7. The van der Waals surface area contributed by atoms with Crippen LogP contribution in [0.4, 0.5) is 0 Å². The summed E-state index contributed by atoms with van der Waals surface area (Å²) < 4.78 is 13.1. The second kappa shape index (κ2) is 16.9. The second-order valence-electron chi connectivity index (χ2n) is 15.9. The Labute approximate surface area is 261 Å². The van der Waals surface area contributed by atoms with Crippen molar-refractivity contribution in [1.82, 2.24) is 10.1 Å². The predicted octanol–water partition coefficient (Wildman–Crippen LogP) is 9.64. The van der Waals surface area contributed by atoms with Crippen LogP contribution in [0.25, 0.3) is 0 Å². The molecule has 0 amide bonds. The summed E-state index contributed by atoms with van der Waals surface area (Å²) in [5, 5.41) is 4.66. The topological polar surface area (TPSA) is 43.4 Å². The van der Waals surface area contributed by atoms with E-state index in [1.165, 1.54) is 25.7 Å². The van der Waals surface area contributed by atoms with Crippen LogP contribution in [-0.4, -0.2) is 69.9 Å². The molecule has 0 saturated carbocycles. The minimum atomic E-state index is -0.0982. The fourth-order valence-corrected chi connectivity index (χ4v) is 7.46. The maximum absolute atomic E-state index is 6.75. The molecule has 0 aromatic carbocycles. The molecule has 250 valence electrons. The smallest absolute Gasteiger partial charge is 0.0791 e. The average Bonchev–Trinajstić information content (AvgIpc) is 3.05. The second-order valence-corrected chi connectivity index (χ2v) is 15.9. The van der Waals surface area contributed by atoms with Crippen LogP contribution in [0.3, 0.4) is 0 Å². The van der Waals surface area contributed by atoms with E-state index in [0.29, 0.717) is 13.2 Å². The summed E-state index contributed by atoms with van der Waals surface area (Å²) in [5.41, 5.74) is -0.256. The lowest BCUT2D eigenvalue weighted by Crippen LogP contribution is -2.55. The minimum Gasteiger partial charge on any atom is -0.376 e. The first kappa shape index (κ1) is 37.9. The molecule has 2 rings (SSSR count). The number of hydroxylamine groups is 4. The number of ether oxygens (including phenoxy) is 2. The van der Waals surface area contributed by atoms with Crippen molar-refractivity contribution in [3.05, 3.63) is 0 Å². The lowest BCUT2D eigenvalue weighted by Gasteiger charge is -2.47. The van der Waals surface area contributed by atoms with Crippen LogP contribution in [-0.2, 0) is 19.1 Å². The molecule has 4 atom stereocenters. The minimum absolute atomic E-state index is 0.0300. The molecule has 2 aliphatic rings. The van der Waals surface area contributed by atoms with E-state index >= 15 is 0 Å². The fourth-order valence-electron chi connectivity index (χ4n) is 7.46. The van der Waals surface area contributed by atoms with Gasteiger partial charge >= 0.3 is 0 Å². The number of unbranched alkanes of at least 4 members (excludes halogenated alkanes) is 2. The predicted molar refractivity (Wildman–Crippen MR) is 177 cm³/mol. The van der Waals surface area contributed by atoms with E-state index in [1.807, 2.05) is 0 Å². The third-order valence-electron chi connectivity index (χ3n) is 9.78. The van der Waals surface area contributed by atoms with E-state index in [2.05, 4.69) is 93.2 Å². The van der Waals surface area contributed by atoms with Crippen molar-refractivity contribution in [3.63, 3.8) is 0 Å². The summed E-state index contributed by atoms with van der Waals surface area (Å²) in [4.78, 5) is 13.5. The summed E-state index contributed by atoms with van der Waals surface area (Å²) in [6.07, 6.45) is 16.4. The SMILES string of the molecule is CCCCC(CC)ON1C(C)(C)CCC(OCCOC2CCC(C)(C)N(OC(CC)CCCC)C(C)(C)C2)CC1(C)C. The molecule has 0 aromatic rings. The molecule has 0 spiro atoms. The Kier molecular flexibility index (Phi) is 15.3. The van der Waals surface area contributed by atoms with E-state index in [0.717, 1.165) is 64.2 Å². The third-order valence-corrected chi connectivity index (χ3v) is 9.78. The molecule has 4 unspecified atom stereocenters. The summed E-state index contributed by atoms with van der Waals surface area (Å²) in [7, 11) is 0. The molecule has 6 nitrogen and oxygen atoms in total. The van der Waals surface area contributed by atoms with Crippen LogP contribution in [0.2, 0.25) is 0 Å². The van der Waals surface area contributed by atoms with E-state index in [1.54, 1.807) is 0 Å². The Bertz CT molecular complexity index is 691. The molecule has 2 fully saturated rings. The van der Waals surface area contributed by atoms with Gasteiger partial charge in [0.15, 0.2) is 0 Å². The molecule has 2 heterocycles. The molecule has 0 radical (unpaired) electrons. The van der Waals surface area contributed by atoms with Gasteiger partial charge in [-0.2, -0.15) is 10.1 Å². The zero-order valence-electron chi connectivity index (χ0n) is 30.2. The van der Waals surface area contributed by atoms with Crippen LogP contribution < -0.4 is 0 Å². The molecule has 0 aliphatic carbocycles. The molecule has 2 aliphatic heterocycles. The van der Waals surface area contributed by atoms with Gasteiger partial charge in [-0.1, -0.05) is 53.4 Å². The zero-order valence-corrected chi connectivity index (χ0v) is 30.2. The highest BCUT2D eigenvalue weighted by Gasteiger charge is 2.46. The van der Waals surface area contributed by atoms with Crippen LogP contribution in [0.1, 0.15) is 173 Å². The van der Waals surface area contributed by atoms with E-state index in [4.69, 9.17) is 19.1 Å². The van der Waals surface area contributed by atoms with Crippen molar-refractivity contribution in [1.29, 1.82) is 0 Å². The van der Waals surface area contributed by atoms with Crippen molar-refractivity contribution >= 4 is 0 Å². The maximum Gasteiger partial charge on any atom is 0.0791 e. The van der Waals surface area contributed by atoms with Crippen LogP contribution >= 0.6 is 0 Å². The van der Waals surface area contributed by atoms with Gasteiger partial charge in [-0.05, 0) is 120 Å². The highest BCUT2D eigenvalue weighted by molar-refractivity contribution is 4.95. The number of hydrogen-bond acceptors (Lipinski definition) is 6. The Hall–Kier alpha value is -0.240. The van der Waals surface area contributed by atoms with E-state index in [-0.39, 0.29) is 46.6 Å². The Morgan fingerprint density at radius 1 is 0.571 bits per heavy atom. The summed E-state index contributed by atoms with van der Waals surface area (Å²) >= 11 is 0. The first-order chi connectivity index (χ1) is 19.6. The van der Waals surface area contributed by atoms with Crippen molar-refractivity contribution in [3.8, 4) is 0 Å². The van der Waals surface area contributed by atoms with Crippen molar-refractivity contribution in [2.24, 2.45) is 0 Å². The number of rotatable bonds is 17. The molecular formula is C36H72N2O4. The van der Waals surface area contributed by atoms with Crippen LogP contribution in [0.15, 0.2) is 0 Å². The maximum atomic E-state index is 6.75. The molecule has 42 heavy (non-hydrogen) atoms. The van der Waals surface area contributed by atoms with Gasteiger partial charge in [0.1, 0.15) is 0 Å². The normalized spacial score (nSPS) is 27.7. The Balaban J connectivity index is 1.94. The molecule has 0 bridgehead atoms. The van der Waals surface area contributed by atoms with Gasteiger partial charge in [0.25, 0.3) is 0 Å². The lowest BCUT2D eigenvalue weighted by atomic mass is 9.94. The number of hydrogen-bond donors (Lipinski definition) is 0. The Morgan fingerprint density at radius 3 is 1.24 bits per heavy atom. The third kappa shape index (κ3) is 11.3. The molecule has 2 saturated heterocycles. The van der Waals surface area contributed by atoms with Gasteiger partial charge in [-0.15, -0.1) is 0 Å². The van der Waals surface area contributed by atoms with E-state index in [9.17, 15) is 0 Å². The molecular weight excluding hydrogens is 524 g/mol. The monoisotopic (exact) mass is 597 g/mol. The first-order valence-electron chi connectivity index (χ1n) is 17.8. The van der Waals surface area contributed by atoms with Gasteiger partial charge in [0.2, 0.25) is 0 Å². The number of nitrogens with zero attached hydrogens (tertiary/aromatic N) is 2. The van der Waals surface area contributed by atoms with Crippen LogP contribution in [0.5, 0.6) is 0 Å². The average molecular weight is 597 g/mol. The quantitative estimate of drug-likeness (QED) is 0.156. The molecule has 6 heteroatoms. The van der Waals surface area contributed by atoms with Gasteiger partial charge in [0.05, 0.1) is 37.6 Å². The standard InChI is InChI=1S/C36H72N2O4/c1-13-17-19-29(15-3)41-37-33(5,6)23-21-31(27-35(37,9)10)39-25-26-40-32-22-24-34(7,8)38(36(11,12)28-32)42-30(16-4)20-18-14-2/h29-32H,13-28H2,1-12H3. The molecule has 0 aromatic heterocycles. The highest BCUT2D eigenvalue weighted by Crippen LogP contribution is 2.40. The van der Waals surface area contributed by atoms with Gasteiger partial charge in [0, 0.05) is 22.2 Å². The van der Waals surface area contributed by atoms with Crippen molar-refractivity contribution in [2.75, 3.05) is 13.2 Å². The van der Waals surface area contributed by atoms with Crippen molar-refractivity contribution in [2.45, 2.75) is 220 Å². The zero-order chi connectivity index (χ0) is 31.6. The van der Waals surface area contributed by atoms with Gasteiger partial charge in [-0.25, -0.2) is 0 Å².